The normalized spacial score (nSPS) is 19.5. The Hall–Kier alpha value is -1.95. The van der Waals surface area contributed by atoms with E-state index < -0.39 is 0 Å². The summed E-state index contributed by atoms with van der Waals surface area (Å²) < 4.78 is 0. The molecule has 4 rings (SSSR count). The molecule has 27 heavy (non-hydrogen) atoms. The van der Waals surface area contributed by atoms with Crippen molar-refractivity contribution in [3.8, 4) is 0 Å². The summed E-state index contributed by atoms with van der Waals surface area (Å²) in [5.41, 5.74) is 1.05. The first-order chi connectivity index (χ1) is 13.1. The van der Waals surface area contributed by atoms with Crippen LogP contribution in [0.2, 0.25) is 5.15 Å². The Morgan fingerprint density at radius 1 is 0.815 bits per heavy atom. The third-order valence-corrected chi connectivity index (χ3v) is 6.15. The van der Waals surface area contributed by atoms with Crippen LogP contribution in [-0.2, 0) is 0 Å². The fraction of sp³-hybridized carbons (Fsp3) is 0.600. The Morgan fingerprint density at radius 3 is 1.93 bits per heavy atom. The van der Waals surface area contributed by atoms with E-state index >= 15 is 0 Å². The number of aromatic nitrogens is 4. The molecule has 0 atom stereocenters. The van der Waals surface area contributed by atoms with Crippen LogP contribution in [0.1, 0.15) is 37.2 Å². The minimum Gasteiger partial charge on any atom is -0.356 e. The molecule has 2 fully saturated rings. The summed E-state index contributed by atoms with van der Waals surface area (Å²) in [4.78, 5) is 22.4. The molecule has 144 valence electrons. The Labute approximate surface area is 166 Å². The van der Waals surface area contributed by atoms with E-state index in [2.05, 4.69) is 35.8 Å². The first-order valence-electron chi connectivity index (χ1n) is 9.88. The van der Waals surface area contributed by atoms with Crippen LogP contribution in [0, 0.1) is 25.7 Å². The molecule has 2 saturated heterocycles. The van der Waals surface area contributed by atoms with Gasteiger partial charge < -0.3 is 9.80 Å². The number of hydrogen-bond donors (Lipinski definition) is 0. The number of aryl methyl sites for hydroxylation is 2. The van der Waals surface area contributed by atoms with E-state index in [1.165, 1.54) is 25.7 Å². The van der Waals surface area contributed by atoms with Crippen molar-refractivity contribution in [2.75, 3.05) is 36.0 Å². The van der Waals surface area contributed by atoms with Crippen LogP contribution in [0.4, 0.5) is 11.6 Å². The zero-order valence-corrected chi connectivity index (χ0v) is 16.9. The van der Waals surface area contributed by atoms with Crippen molar-refractivity contribution in [2.24, 2.45) is 11.8 Å². The highest BCUT2D eigenvalue weighted by molar-refractivity contribution is 6.29. The maximum absolute atomic E-state index is 5.84. The van der Waals surface area contributed by atoms with Crippen molar-refractivity contribution < 1.29 is 0 Å². The average Bonchev–Trinajstić information content (AvgIpc) is 2.68. The van der Waals surface area contributed by atoms with Crippen LogP contribution in [0.5, 0.6) is 0 Å². The second-order valence-corrected chi connectivity index (χ2v) is 8.15. The quantitative estimate of drug-likeness (QED) is 0.802. The Balaban J connectivity index is 1.30. The third-order valence-electron chi connectivity index (χ3n) is 5.95. The standard InChI is InChI=1S/C20H27ClN6/c1-14-11-19(25-15(2)24-14)26-7-3-16(4-8-26)17-5-9-27(10-6-17)20-13-22-18(21)12-23-20/h11-13,16-17H,3-10H2,1-2H3. The van der Waals surface area contributed by atoms with E-state index in [-0.39, 0.29) is 0 Å². The molecule has 0 amide bonds. The zero-order valence-electron chi connectivity index (χ0n) is 16.1. The highest BCUT2D eigenvalue weighted by Gasteiger charge is 2.30. The lowest BCUT2D eigenvalue weighted by atomic mass is 9.79. The van der Waals surface area contributed by atoms with Gasteiger partial charge in [-0.25, -0.2) is 19.9 Å². The number of nitrogens with zero attached hydrogens (tertiary/aromatic N) is 6. The van der Waals surface area contributed by atoms with Crippen molar-refractivity contribution in [1.29, 1.82) is 0 Å². The zero-order chi connectivity index (χ0) is 18.8. The molecular weight excluding hydrogens is 360 g/mol. The van der Waals surface area contributed by atoms with Gasteiger partial charge in [-0.2, -0.15) is 0 Å². The van der Waals surface area contributed by atoms with Gasteiger partial charge in [0.15, 0.2) is 0 Å². The predicted octanol–water partition coefficient (Wildman–Crippen LogP) is 3.67. The number of halogens is 1. The fourth-order valence-corrected chi connectivity index (χ4v) is 4.63. The number of rotatable bonds is 3. The smallest absolute Gasteiger partial charge is 0.147 e. The summed E-state index contributed by atoms with van der Waals surface area (Å²) in [6, 6.07) is 2.11. The van der Waals surface area contributed by atoms with Crippen LogP contribution in [0.25, 0.3) is 0 Å². The van der Waals surface area contributed by atoms with Gasteiger partial charge in [-0.3, -0.25) is 0 Å². The van der Waals surface area contributed by atoms with E-state index in [1.807, 2.05) is 13.8 Å². The minimum atomic E-state index is 0.453. The molecule has 2 aromatic heterocycles. The van der Waals surface area contributed by atoms with Crippen LogP contribution in [-0.4, -0.2) is 46.1 Å². The molecule has 7 heteroatoms. The van der Waals surface area contributed by atoms with Gasteiger partial charge in [-0.05, 0) is 51.4 Å². The lowest BCUT2D eigenvalue weighted by Gasteiger charge is -2.40. The summed E-state index contributed by atoms with van der Waals surface area (Å²) in [6.45, 7) is 8.34. The van der Waals surface area contributed by atoms with Gasteiger partial charge in [0.2, 0.25) is 0 Å². The molecule has 0 radical (unpaired) electrons. The topological polar surface area (TPSA) is 58.0 Å². The molecule has 0 bridgehead atoms. The summed E-state index contributed by atoms with van der Waals surface area (Å²) in [6.07, 6.45) is 8.41. The number of hydrogen-bond acceptors (Lipinski definition) is 6. The van der Waals surface area contributed by atoms with Gasteiger partial charge in [0.1, 0.15) is 22.6 Å². The van der Waals surface area contributed by atoms with Gasteiger partial charge in [-0.1, -0.05) is 11.6 Å². The fourth-order valence-electron chi connectivity index (χ4n) is 4.53. The molecule has 0 aliphatic carbocycles. The van der Waals surface area contributed by atoms with Gasteiger partial charge in [0.05, 0.1) is 12.4 Å². The Bertz CT molecular complexity index is 744. The Kier molecular flexibility index (Phi) is 5.43. The van der Waals surface area contributed by atoms with E-state index in [9.17, 15) is 0 Å². The maximum atomic E-state index is 5.84. The van der Waals surface area contributed by atoms with Crippen molar-refractivity contribution in [1.82, 2.24) is 19.9 Å². The molecule has 4 heterocycles. The summed E-state index contributed by atoms with van der Waals surface area (Å²) in [5, 5.41) is 0.453. The van der Waals surface area contributed by atoms with Crippen LogP contribution < -0.4 is 9.80 Å². The molecule has 2 aliphatic heterocycles. The lowest BCUT2D eigenvalue weighted by molar-refractivity contribution is 0.232. The van der Waals surface area contributed by atoms with Crippen LogP contribution >= 0.6 is 11.6 Å². The van der Waals surface area contributed by atoms with Crippen molar-refractivity contribution in [3.05, 3.63) is 35.1 Å². The molecule has 2 aliphatic rings. The minimum absolute atomic E-state index is 0.453. The first kappa shape index (κ1) is 18.4. The summed E-state index contributed by atoms with van der Waals surface area (Å²) in [5.74, 6) is 4.54. The number of anilines is 2. The monoisotopic (exact) mass is 386 g/mol. The molecule has 0 unspecified atom stereocenters. The van der Waals surface area contributed by atoms with E-state index in [1.54, 1.807) is 12.4 Å². The van der Waals surface area contributed by atoms with Crippen LogP contribution in [0.3, 0.4) is 0 Å². The first-order valence-corrected chi connectivity index (χ1v) is 10.3. The summed E-state index contributed by atoms with van der Waals surface area (Å²) >= 11 is 5.84. The summed E-state index contributed by atoms with van der Waals surface area (Å²) in [7, 11) is 0. The predicted molar refractivity (Wildman–Crippen MR) is 108 cm³/mol. The second-order valence-electron chi connectivity index (χ2n) is 7.76. The highest BCUT2D eigenvalue weighted by atomic mass is 35.5. The van der Waals surface area contributed by atoms with E-state index in [4.69, 9.17) is 11.6 Å². The second kappa shape index (κ2) is 7.97. The third kappa shape index (κ3) is 4.32. The highest BCUT2D eigenvalue weighted by Crippen LogP contribution is 2.34. The largest absolute Gasteiger partial charge is 0.356 e. The maximum Gasteiger partial charge on any atom is 0.147 e. The molecule has 6 nitrogen and oxygen atoms in total. The average molecular weight is 387 g/mol. The van der Waals surface area contributed by atoms with Crippen molar-refractivity contribution in [2.45, 2.75) is 39.5 Å². The van der Waals surface area contributed by atoms with Crippen LogP contribution in [0.15, 0.2) is 18.5 Å². The van der Waals surface area contributed by atoms with Gasteiger partial charge in [0, 0.05) is 37.9 Å². The molecule has 0 spiro atoms. The van der Waals surface area contributed by atoms with Gasteiger partial charge >= 0.3 is 0 Å². The molecule has 0 N–H and O–H groups in total. The number of piperidine rings is 2. The van der Waals surface area contributed by atoms with E-state index in [0.29, 0.717) is 5.15 Å². The SMILES string of the molecule is Cc1cc(N2CCC(C3CCN(c4cnc(Cl)cn4)CC3)CC2)nc(C)n1. The van der Waals surface area contributed by atoms with Gasteiger partial charge in [-0.15, -0.1) is 0 Å². The van der Waals surface area contributed by atoms with Crippen molar-refractivity contribution >= 4 is 23.2 Å². The molecular formula is C20H27ClN6. The Morgan fingerprint density at radius 2 is 1.41 bits per heavy atom. The lowest BCUT2D eigenvalue weighted by Crippen LogP contribution is -2.41. The molecule has 0 saturated carbocycles. The van der Waals surface area contributed by atoms with Gasteiger partial charge in [0.25, 0.3) is 0 Å². The van der Waals surface area contributed by atoms with Crippen molar-refractivity contribution in [3.63, 3.8) is 0 Å². The molecule has 2 aromatic rings. The van der Waals surface area contributed by atoms with E-state index in [0.717, 1.165) is 61.2 Å². The molecule has 0 aromatic carbocycles.